The molecule has 0 bridgehead atoms. The van der Waals surface area contributed by atoms with Crippen LogP contribution in [0.3, 0.4) is 0 Å². The predicted molar refractivity (Wildman–Crippen MR) is 170 cm³/mol. The summed E-state index contributed by atoms with van der Waals surface area (Å²) in [6, 6.07) is 4.20. The van der Waals surface area contributed by atoms with Crippen molar-refractivity contribution in [3.63, 3.8) is 0 Å². The van der Waals surface area contributed by atoms with Gasteiger partial charge in [0.2, 0.25) is 33.6 Å². The SMILES string of the molecule is C=CC(=O)NCC(NC(=O)O)C(=O)N1CC(Oc2nccc3cc(OC)ccc23)CC1C(=O)NC1(C(=O)NS(=O)(=O)C2CC2)CC1C=C. The van der Waals surface area contributed by atoms with Gasteiger partial charge in [-0.3, -0.25) is 23.9 Å². The van der Waals surface area contributed by atoms with E-state index in [4.69, 9.17) is 9.47 Å². The Bertz CT molecular complexity index is 1780. The van der Waals surface area contributed by atoms with Crippen molar-refractivity contribution in [1.82, 2.24) is 30.6 Å². The molecular formula is C31H36N6O10S. The maximum Gasteiger partial charge on any atom is 0.405 e. The number of nitrogens with one attached hydrogen (secondary N) is 4. The molecule has 5 N–H and O–H groups in total. The van der Waals surface area contributed by atoms with Gasteiger partial charge >= 0.3 is 6.09 Å². The van der Waals surface area contributed by atoms with Gasteiger partial charge < -0.3 is 35.4 Å². The van der Waals surface area contributed by atoms with Crippen LogP contribution in [-0.2, 0) is 29.2 Å². The second-order valence-corrected chi connectivity index (χ2v) is 13.8. The van der Waals surface area contributed by atoms with E-state index in [1.807, 2.05) is 0 Å². The first-order valence-electron chi connectivity index (χ1n) is 15.1. The highest BCUT2D eigenvalue weighted by atomic mass is 32.2. The van der Waals surface area contributed by atoms with Crippen molar-refractivity contribution in [3.05, 3.63) is 55.8 Å². The maximum absolute atomic E-state index is 14.0. The van der Waals surface area contributed by atoms with Gasteiger partial charge in [0.15, 0.2) is 0 Å². The van der Waals surface area contributed by atoms with Crippen LogP contribution in [0.25, 0.3) is 10.8 Å². The average molecular weight is 685 g/mol. The van der Waals surface area contributed by atoms with Crippen LogP contribution < -0.4 is 30.1 Å². The van der Waals surface area contributed by atoms with E-state index in [2.05, 4.69) is 38.8 Å². The Labute approximate surface area is 276 Å². The van der Waals surface area contributed by atoms with Crippen LogP contribution >= 0.6 is 0 Å². The molecule has 2 heterocycles. The molecule has 0 radical (unpaired) electrons. The lowest BCUT2D eigenvalue weighted by molar-refractivity contribution is -0.141. The molecule has 5 amide bonds. The fourth-order valence-corrected chi connectivity index (χ4v) is 7.09. The number of rotatable bonds is 14. The minimum atomic E-state index is -3.93. The first-order chi connectivity index (χ1) is 22.8. The Hall–Kier alpha value is -5.19. The first-order valence-corrected chi connectivity index (χ1v) is 16.7. The van der Waals surface area contributed by atoms with E-state index in [-0.39, 0.29) is 25.3 Å². The standard InChI is InChI=1S/C31H36N6O10S/c1-4-18-14-31(18,29(41)36-48(44,45)21-7-8-21)35-26(39)24-13-20(47-27-22-9-6-19(46-3)12-17(22)10-11-32-27)16-37(24)28(40)23(34-30(42)43)15-33-25(38)5-2/h4-6,9-12,18,20-21,23-24,34H,1-2,7-8,13-16H2,3H3,(H,33,38)(H,35,39)(H,36,41)(H,42,43). The summed E-state index contributed by atoms with van der Waals surface area (Å²) in [7, 11) is -2.40. The number of hydrogen-bond acceptors (Lipinski definition) is 10. The molecule has 1 aromatic carbocycles. The number of ether oxygens (including phenoxy) is 2. The summed E-state index contributed by atoms with van der Waals surface area (Å²) in [5.74, 6) is -2.98. The van der Waals surface area contributed by atoms with Gasteiger partial charge in [-0.1, -0.05) is 12.7 Å². The number of hydrogen-bond donors (Lipinski definition) is 5. The zero-order valence-electron chi connectivity index (χ0n) is 26.0. The summed E-state index contributed by atoms with van der Waals surface area (Å²) in [4.78, 5) is 70.0. The largest absolute Gasteiger partial charge is 0.497 e. The van der Waals surface area contributed by atoms with E-state index in [1.54, 1.807) is 24.3 Å². The van der Waals surface area contributed by atoms with Gasteiger partial charge in [0.1, 0.15) is 29.5 Å². The molecular weight excluding hydrogens is 648 g/mol. The van der Waals surface area contributed by atoms with E-state index in [0.29, 0.717) is 24.0 Å². The van der Waals surface area contributed by atoms with Gasteiger partial charge in [-0.2, -0.15) is 0 Å². The Morgan fingerprint density at radius 2 is 1.94 bits per heavy atom. The van der Waals surface area contributed by atoms with Crippen molar-refractivity contribution >= 4 is 50.5 Å². The molecule has 2 saturated carbocycles. The summed E-state index contributed by atoms with van der Waals surface area (Å²) in [6.07, 6.45) is 2.35. The Morgan fingerprint density at radius 3 is 2.56 bits per heavy atom. The topological polar surface area (TPSA) is 222 Å². The fourth-order valence-electron chi connectivity index (χ4n) is 5.73. The van der Waals surface area contributed by atoms with E-state index < -0.39 is 81.2 Å². The summed E-state index contributed by atoms with van der Waals surface area (Å²) in [6.45, 7) is 6.38. The van der Waals surface area contributed by atoms with Crippen LogP contribution in [0.5, 0.6) is 11.6 Å². The van der Waals surface area contributed by atoms with Crippen molar-refractivity contribution in [3.8, 4) is 11.6 Å². The van der Waals surface area contributed by atoms with Gasteiger partial charge in [-0.15, -0.1) is 6.58 Å². The van der Waals surface area contributed by atoms with E-state index >= 15 is 0 Å². The number of carbonyl (C=O) groups excluding carboxylic acids is 4. The molecule has 256 valence electrons. The Kier molecular flexibility index (Phi) is 9.61. The number of pyridine rings is 1. The average Bonchev–Trinajstić information content (AvgIpc) is 3.99. The van der Waals surface area contributed by atoms with Crippen LogP contribution in [0.15, 0.2) is 55.8 Å². The zero-order chi connectivity index (χ0) is 34.8. The summed E-state index contributed by atoms with van der Waals surface area (Å²) >= 11 is 0. The van der Waals surface area contributed by atoms with Gasteiger partial charge in [0.25, 0.3) is 5.91 Å². The third-order valence-electron chi connectivity index (χ3n) is 8.57. The number of aromatic nitrogens is 1. The summed E-state index contributed by atoms with van der Waals surface area (Å²) < 4.78 is 38.7. The maximum atomic E-state index is 14.0. The monoisotopic (exact) mass is 684 g/mol. The van der Waals surface area contributed by atoms with Crippen molar-refractivity contribution in [2.45, 2.75) is 54.7 Å². The molecule has 1 saturated heterocycles. The molecule has 0 spiro atoms. The zero-order valence-corrected chi connectivity index (χ0v) is 26.8. The number of carboxylic acid groups (broad SMARTS) is 1. The van der Waals surface area contributed by atoms with Crippen LogP contribution in [0, 0.1) is 5.92 Å². The van der Waals surface area contributed by atoms with E-state index in [1.165, 1.54) is 19.4 Å². The Morgan fingerprint density at radius 1 is 1.19 bits per heavy atom. The number of likely N-dealkylation sites (tertiary alicyclic amines) is 1. The summed E-state index contributed by atoms with van der Waals surface area (Å²) in [5.41, 5.74) is -1.62. The van der Waals surface area contributed by atoms with Crippen molar-refractivity contribution < 1.29 is 47.0 Å². The Balaban J connectivity index is 1.42. The highest BCUT2D eigenvalue weighted by Gasteiger charge is 2.62. The number of methoxy groups -OCH3 is 1. The fraction of sp³-hybridized carbons (Fsp3) is 0.419. The first kappa shape index (κ1) is 34.2. The van der Waals surface area contributed by atoms with E-state index in [0.717, 1.165) is 16.4 Å². The lowest BCUT2D eigenvalue weighted by Gasteiger charge is -2.29. The van der Waals surface area contributed by atoms with E-state index in [9.17, 15) is 37.5 Å². The van der Waals surface area contributed by atoms with Crippen LogP contribution in [0.2, 0.25) is 0 Å². The molecule has 1 aromatic heterocycles. The van der Waals surface area contributed by atoms with Crippen LogP contribution in [-0.4, -0.2) is 102 Å². The van der Waals surface area contributed by atoms with Gasteiger partial charge in [0, 0.05) is 30.5 Å². The number of amides is 5. The van der Waals surface area contributed by atoms with Gasteiger partial charge in [-0.05, 0) is 55.0 Å². The van der Waals surface area contributed by atoms with Crippen molar-refractivity contribution in [2.24, 2.45) is 5.92 Å². The van der Waals surface area contributed by atoms with Gasteiger partial charge in [-0.25, -0.2) is 18.2 Å². The molecule has 5 rings (SSSR count). The minimum Gasteiger partial charge on any atom is -0.497 e. The molecule has 3 fully saturated rings. The molecule has 2 aromatic rings. The van der Waals surface area contributed by atoms with Crippen LogP contribution in [0.4, 0.5) is 4.79 Å². The lowest BCUT2D eigenvalue weighted by atomic mass is 10.1. The highest BCUT2D eigenvalue weighted by molar-refractivity contribution is 7.91. The third-order valence-corrected chi connectivity index (χ3v) is 10.4. The van der Waals surface area contributed by atoms with Crippen molar-refractivity contribution in [1.29, 1.82) is 0 Å². The molecule has 2 aliphatic carbocycles. The number of benzene rings is 1. The molecule has 48 heavy (non-hydrogen) atoms. The number of carbonyl (C=O) groups is 5. The highest BCUT2D eigenvalue weighted by Crippen LogP contribution is 2.45. The number of nitrogens with zero attached hydrogens (tertiary/aromatic N) is 2. The molecule has 5 unspecified atom stereocenters. The quantitative estimate of drug-likeness (QED) is 0.134. The third kappa shape index (κ3) is 7.20. The predicted octanol–water partition coefficient (Wildman–Crippen LogP) is 0.199. The smallest absolute Gasteiger partial charge is 0.405 e. The molecule has 1 aliphatic heterocycles. The normalized spacial score (nSPS) is 23.7. The second-order valence-electron chi connectivity index (χ2n) is 11.8. The van der Waals surface area contributed by atoms with Crippen LogP contribution in [0.1, 0.15) is 25.7 Å². The minimum absolute atomic E-state index is 0.0784. The van der Waals surface area contributed by atoms with Gasteiger partial charge in [0.05, 0.1) is 18.9 Å². The molecule has 3 aliphatic rings. The van der Waals surface area contributed by atoms with Crippen molar-refractivity contribution in [2.75, 3.05) is 20.2 Å². The summed E-state index contributed by atoms with van der Waals surface area (Å²) in [5, 5.41) is 17.2. The molecule has 16 nitrogen and oxygen atoms in total. The molecule has 17 heteroatoms. The number of fused-ring (bicyclic) bond motifs is 1. The molecule has 5 atom stereocenters. The second kappa shape index (κ2) is 13.5. The number of sulfonamides is 1. The lowest BCUT2D eigenvalue weighted by Crippen LogP contribution is -2.59.